The van der Waals surface area contributed by atoms with Gasteiger partial charge in [0.1, 0.15) is 0 Å². The number of carbonyl (C=O) groups excluding carboxylic acids is 2. The van der Waals surface area contributed by atoms with Crippen LogP contribution in [-0.4, -0.2) is 47.6 Å². The smallest absolute Gasteiger partial charge is 0.323 e. The van der Waals surface area contributed by atoms with Crippen molar-refractivity contribution in [3.63, 3.8) is 0 Å². The van der Waals surface area contributed by atoms with E-state index < -0.39 is 29.6 Å². The lowest BCUT2D eigenvalue weighted by Crippen LogP contribution is -2.40. The maximum atomic E-state index is 11.8. The highest BCUT2D eigenvalue weighted by Gasteiger charge is 2.57. The van der Waals surface area contributed by atoms with Crippen LogP contribution < -0.4 is 0 Å². The summed E-state index contributed by atoms with van der Waals surface area (Å²) in [5.74, 6) is -1.48. The summed E-state index contributed by atoms with van der Waals surface area (Å²) >= 11 is 0. The van der Waals surface area contributed by atoms with E-state index in [1.807, 2.05) is 0 Å². The first-order valence-corrected chi connectivity index (χ1v) is 5.68. The Labute approximate surface area is 99.5 Å². The highest BCUT2D eigenvalue weighted by molar-refractivity contribution is 6.00. The van der Waals surface area contributed by atoms with Gasteiger partial charge in [0, 0.05) is 12.8 Å². The van der Waals surface area contributed by atoms with Crippen LogP contribution in [0.4, 0.5) is 0 Å². The first kappa shape index (κ1) is 13.9. The molecule has 1 fully saturated rings. The summed E-state index contributed by atoms with van der Waals surface area (Å²) in [6, 6.07) is 0. The molecule has 0 bridgehead atoms. The molecule has 0 aliphatic heterocycles. The second kappa shape index (κ2) is 5.46. The van der Waals surface area contributed by atoms with E-state index in [9.17, 15) is 19.8 Å². The van der Waals surface area contributed by atoms with Gasteiger partial charge in [-0.25, -0.2) is 0 Å². The highest BCUT2D eigenvalue weighted by Crippen LogP contribution is 2.41. The Kier molecular flexibility index (Phi) is 4.47. The van der Waals surface area contributed by atoms with Crippen molar-refractivity contribution < 1.29 is 29.3 Å². The third kappa shape index (κ3) is 2.58. The van der Waals surface area contributed by atoms with Gasteiger partial charge in [0.05, 0.1) is 25.4 Å². The van der Waals surface area contributed by atoms with Crippen LogP contribution in [0.1, 0.15) is 26.7 Å². The Morgan fingerprint density at radius 2 is 1.41 bits per heavy atom. The fraction of sp³-hybridized carbons (Fsp3) is 0.818. The van der Waals surface area contributed by atoms with Crippen molar-refractivity contribution in [3.8, 4) is 0 Å². The summed E-state index contributed by atoms with van der Waals surface area (Å²) in [7, 11) is 0. The van der Waals surface area contributed by atoms with E-state index in [1.165, 1.54) is 0 Å². The van der Waals surface area contributed by atoms with Crippen molar-refractivity contribution >= 4 is 11.9 Å². The Morgan fingerprint density at radius 1 is 1.06 bits per heavy atom. The normalized spacial score (nSPS) is 26.6. The Bertz CT molecular complexity index is 270. The quantitative estimate of drug-likeness (QED) is 0.518. The first-order valence-electron chi connectivity index (χ1n) is 5.68. The summed E-state index contributed by atoms with van der Waals surface area (Å²) < 4.78 is 9.66. The third-order valence-electron chi connectivity index (χ3n) is 2.89. The van der Waals surface area contributed by atoms with Crippen LogP contribution in [0.5, 0.6) is 0 Å². The predicted octanol–water partition coefficient (Wildman–Crippen LogP) is -0.385. The van der Waals surface area contributed by atoms with E-state index in [2.05, 4.69) is 0 Å². The van der Waals surface area contributed by atoms with E-state index in [0.717, 1.165) is 0 Å². The molecule has 0 spiro atoms. The molecule has 1 rings (SSSR count). The van der Waals surface area contributed by atoms with E-state index in [1.54, 1.807) is 13.8 Å². The standard InChI is InChI=1S/C11H18O6/c1-3-16-9(14)11(10(15)17-4-2)5-7(12)8(13)6-11/h7-8,12-13H,3-6H2,1-2H3/t7-,8-/m0/s1. The summed E-state index contributed by atoms with van der Waals surface area (Å²) in [5.41, 5.74) is -1.56. The van der Waals surface area contributed by atoms with Gasteiger partial charge in [-0.1, -0.05) is 0 Å². The second-order valence-corrected chi connectivity index (χ2v) is 4.07. The number of ether oxygens (including phenoxy) is 2. The molecule has 6 heteroatoms. The van der Waals surface area contributed by atoms with Crippen molar-refractivity contribution in [1.29, 1.82) is 0 Å². The second-order valence-electron chi connectivity index (χ2n) is 4.07. The average Bonchev–Trinajstić information content (AvgIpc) is 2.57. The molecule has 1 aliphatic rings. The first-order chi connectivity index (χ1) is 7.97. The highest BCUT2D eigenvalue weighted by atomic mass is 16.6. The van der Waals surface area contributed by atoms with Crippen LogP contribution >= 0.6 is 0 Å². The van der Waals surface area contributed by atoms with Crippen LogP contribution in [0.2, 0.25) is 0 Å². The van der Waals surface area contributed by atoms with Crippen molar-refractivity contribution in [1.82, 2.24) is 0 Å². The minimum Gasteiger partial charge on any atom is -0.465 e. The molecule has 0 radical (unpaired) electrons. The van der Waals surface area contributed by atoms with E-state index >= 15 is 0 Å². The van der Waals surface area contributed by atoms with Gasteiger partial charge in [0.2, 0.25) is 0 Å². The molecule has 0 aromatic heterocycles. The zero-order valence-electron chi connectivity index (χ0n) is 10.0. The zero-order chi connectivity index (χ0) is 13.1. The molecule has 17 heavy (non-hydrogen) atoms. The largest absolute Gasteiger partial charge is 0.465 e. The molecular weight excluding hydrogens is 228 g/mol. The van der Waals surface area contributed by atoms with Crippen LogP contribution in [0, 0.1) is 5.41 Å². The maximum Gasteiger partial charge on any atom is 0.323 e. The lowest BCUT2D eigenvalue weighted by molar-refractivity contribution is -0.172. The van der Waals surface area contributed by atoms with Gasteiger partial charge in [-0.3, -0.25) is 9.59 Å². The van der Waals surface area contributed by atoms with Crippen molar-refractivity contribution in [2.24, 2.45) is 5.41 Å². The van der Waals surface area contributed by atoms with Crippen molar-refractivity contribution in [2.45, 2.75) is 38.9 Å². The Hall–Kier alpha value is -1.14. The Morgan fingerprint density at radius 3 is 1.71 bits per heavy atom. The maximum absolute atomic E-state index is 11.8. The molecule has 0 saturated heterocycles. The number of carbonyl (C=O) groups is 2. The Balaban J connectivity index is 2.94. The van der Waals surface area contributed by atoms with Gasteiger partial charge in [0.15, 0.2) is 5.41 Å². The lowest BCUT2D eigenvalue weighted by atomic mass is 9.86. The van der Waals surface area contributed by atoms with Gasteiger partial charge in [0.25, 0.3) is 0 Å². The number of rotatable bonds is 4. The SMILES string of the molecule is CCOC(=O)C1(C(=O)OCC)C[C@H](O)[C@@H](O)C1. The number of hydrogen-bond donors (Lipinski definition) is 2. The van der Waals surface area contributed by atoms with Gasteiger partial charge < -0.3 is 19.7 Å². The lowest BCUT2D eigenvalue weighted by Gasteiger charge is -2.23. The number of aliphatic hydroxyl groups is 2. The topological polar surface area (TPSA) is 93.1 Å². The fourth-order valence-electron chi connectivity index (χ4n) is 2.02. The van der Waals surface area contributed by atoms with Gasteiger partial charge >= 0.3 is 11.9 Å². The van der Waals surface area contributed by atoms with E-state index in [4.69, 9.17) is 9.47 Å². The minimum absolute atomic E-state index is 0.131. The number of esters is 2. The zero-order valence-corrected chi connectivity index (χ0v) is 10.0. The molecule has 0 heterocycles. The number of aliphatic hydroxyl groups excluding tert-OH is 2. The van der Waals surface area contributed by atoms with Crippen LogP contribution in [0.15, 0.2) is 0 Å². The molecular formula is C11H18O6. The third-order valence-corrected chi connectivity index (χ3v) is 2.89. The molecule has 2 atom stereocenters. The van der Waals surface area contributed by atoms with E-state index in [-0.39, 0.29) is 26.1 Å². The molecule has 1 saturated carbocycles. The molecule has 1 aliphatic carbocycles. The van der Waals surface area contributed by atoms with Crippen LogP contribution in [-0.2, 0) is 19.1 Å². The molecule has 6 nitrogen and oxygen atoms in total. The summed E-state index contributed by atoms with van der Waals surface area (Å²) in [4.78, 5) is 23.7. The van der Waals surface area contributed by atoms with Crippen molar-refractivity contribution in [3.05, 3.63) is 0 Å². The molecule has 98 valence electrons. The van der Waals surface area contributed by atoms with Gasteiger partial charge in [-0.05, 0) is 13.8 Å². The minimum atomic E-state index is -1.56. The van der Waals surface area contributed by atoms with Crippen LogP contribution in [0.3, 0.4) is 0 Å². The molecule has 0 amide bonds. The number of hydrogen-bond acceptors (Lipinski definition) is 6. The molecule has 2 N–H and O–H groups in total. The monoisotopic (exact) mass is 246 g/mol. The fourth-order valence-corrected chi connectivity index (χ4v) is 2.02. The summed E-state index contributed by atoms with van der Waals surface area (Å²) in [6.07, 6.45) is -2.54. The van der Waals surface area contributed by atoms with Gasteiger partial charge in [-0.15, -0.1) is 0 Å². The molecule has 0 unspecified atom stereocenters. The van der Waals surface area contributed by atoms with Gasteiger partial charge in [-0.2, -0.15) is 0 Å². The predicted molar refractivity (Wildman–Crippen MR) is 56.9 cm³/mol. The molecule has 0 aromatic carbocycles. The summed E-state index contributed by atoms with van der Waals surface area (Å²) in [6.45, 7) is 3.51. The average molecular weight is 246 g/mol. The van der Waals surface area contributed by atoms with Crippen LogP contribution in [0.25, 0.3) is 0 Å². The van der Waals surface area contributed by atoms with E-state index in [0.29, 0.717) is 0 Å². The molecule has 0 aromatic rings. The van der Waals surface area contributed by atoms with Crippen molar-refractivity contribution in [2.75, 3.05) is 13.2 Å². The summed E-state index contributed by atoms with van der Waals surface area (Å²) in [5, 5.41) is 19.0.